The molecule has 0 spiro atoms. The molecule has 104 valence electrons. The Labute approximate surface area is 123 Å². The molecule has 0 atom stereocenters. The van der Waals surface area contributed by atoms with Crippen LogP contribution in [0.1, 0.15) is 11.1 Å². The van der Waals surface area contributed by atoms with Crippen LogP contribution in [0, 0.1) is 0 Å². The van der Waals surface area contributed by atoms with Crippen molar-refractivity contribution >= 4 is 22.9 Å². The monoisotopic (exact) mass is 287 g/mol. The summed E-state index contributed by atoms with van der Waals surface area (Å²) in [5, 5.41) is 9.28. The number of pyridine rings is 1. The number of benzene rings is 1. The van der Waals surface area contributed by atoms with E-state index in [-0.39, 0.29) is 6.61 Å². The van der Waals surface area contributed by atoms with Crippen molar-refractivity contribution in [1.29, 1.82) is 0 Å². The molecule has 0 unspecified atom stereocenters. The predicted molar refractivity (Wildman–Crippen MR) is 84.7 cm³/mol. The Kier molecular flexibility index (Phi) is 5.03. The highest BCUT2D eigenvalue weighted by Gasteiger charge is 2.13. The van der Waals surface area contributed by atoms with Gasteiger partial charge in [0.2, 0.25) is 0 Å². The fourth-order valence-electron chi connectivity index (χ4n) is 2.06. The van der Waals surface area contributed by atoms with E-state index in [1.807, 2.05) is 35.2 Å². The van der Waals surface area contributed by atoms with Gasteiger partial charge < -0.3 is 15.7 Å². The van der Waals surface area contributed by atoms with Crippen LogP contribution in [0.4, 0.5) is 5.69 Å². The molecule has 0 aliphatic heterocycles. The van der Waals surface area contributed by atoms with Crippen molar-refractivity contribution in [2.45, 2.75) is 6.54 Å². The van der Waals surface area contributed by atoms with E-state index in [2.05, 4.69) is 4.98 Å². The van der Waals surface area contributed by atoms with Gasteiger partial charge in [0.1, 0.15) is 4.99 Å². The maximum Gasteiger partial charge on any atom is 0.106 e. The van der Waals surface area contributed by atoms with Crippen molar-refractivity contribution in [3.63, 3.8) is 0 Å². The number of nitrogens with zero attached hydrogens (tertiary/aromatic N) is 2. The molecule has 1 aromatic heterocycles. The van der Waals surface area contributed by atoms with Crippen molar-refractivity contribution in [2.75, 3.05) is 18.1 Å². The molecule has 20 heavy (non-hydrogen) atoms. The first kappa shape index (κ1) is 14.4. The van der Waals surface area contributed by atoms with Crippen molar-refractivity contribution in [3.05, 3.63) is 59.9 Å². The standard InChI is InChI=1S/C15H17N3OS/c16-15(20)13-6-7-17-10-14(13)18(8-9-19)11-12-4-2-1-3-5-12/h1-7,10,19H,8-9,11H2,(H2,16,20). The smallest absolute Gasteiger partial charge is 0.106 e. The van der Waals surface area contributed by atoms with Gasteiger partial charge in [-0.3, -0.25) is 4.98 Å². The van der Waals surface area contributed by atoms with Gasteiger partial charge in [0.25, 0.3) is 0 Å². The number of aliphatic hydroxyl groups excluding tert-OH is 1. The molecule has 3 N–H and O–H groups in total. The molecule has 2 rings (SSSR count). The molecule has 0 saturated carbocycles. The van der Waals surface area contributed by atoms with E-state index < -0.39 is 0 Å². The summed E-state index contributed by atoms with van der Waals surface area (Å²) in [7, 11) is 0. The Morgan fingerprint density at radius 1 is 1.25 bits per heavy atom. The quantitative estimate of drug-likeness (QED) is 0.792. The normalized spacial score (nSPS) is 10.2. The molecule has 0 radical (unpaired) electrons. The molecular weight excluding hydrogens is 270 g/mol. The van der Waals surface area contributed by atoms with Gasteiger partial charge in [-0.25, -0.2) is 0 Å². The third-order valence-electron chi connectivity index (χ3n) is 2.99. The second kappa shape index (κ2) is 6.98. The summed E-state index contributed by atoms with van der Waals surface area (Å²) in [5.41, 5.74) is 8.53. The molecule has 0 amide bonds. The number of anilines is 1. The van der Waals surface area contributed by atoms with Gasteiger partial charge in [0, 0.05) is 24.8 Å². The van der Waals surface area contributed by atoms with Crippen LogP contribution >= 0.6 is 12.2 Å². The summed E-state index contributed by atoms with van der Waals surface area (Å²) in [6.07, 6.45) is 3.39. The predicted octanol–water partition coefficient (Wildman–Crippen LogP) is 1.71. The molecule has 0 bridgehead atoms. The molecule has 0 aliphatic rings. The second-order valence-electron chi connectivity index (χ2n) is 4.39. The Bertz CT molecular complexity index is 574. The fourth-order valence-corrected chi connectivity index (χ4v) is 2.23. The molecule has 1 aromatic carbocycles. The van der Waals surface area contributed by atoms with Crippen LogP contribution in [0.15, 0.2) is 48.8 Å². The summed E-state index contributed by atoms with van der Waals surface area (Å²) in [5.74, 6) is 0. The average molecular weight is 287 g/mol. The van der Waals surface area contributed by atoms with Crippen LogP contribution in [0.25, 0.3) is 0 Å². The number of hydrogen-bond donors (Lipinski definition) is 2. The van der Waals surface area contributed by atoms with Gasteiger partial charge in [0.15, 0.2) is 0 Å². The molecule has 0 aliphatic carbocycles. The van der Waals surface area contributed by atoms with Crippen LogP contribution in [0.3, 0.4) is 0 Å². The minimum absolute atomic E-state index is 0.0541. The zero-order valence-electron chi connectivity index (χ0n) is 11.1. The number of nitrogens with two attached hydrogens (primary N) is 1. The fraction of sp³-hybridized carbons (Fsp3) is 0.200. The van der Waals surface area contributed by atoms with Gasteiger partial charge in [-0.1, -0.05) is 42.5 Å². The summed E-state index contributed by atoms with van der Waals surface area (Å²) < 4.78 is 0. The van der Waals surface area contributed by atoms with E-state index in [0.29, 0.717) is 18.1 Å². The number of rotatable bonds is 6. The molecule has 0 fully saturated rings. The minimum atomic E-state index is 0.0541. The van der Waals surface area contributed by atoms with Gasteiger partial charge in [-0.15, -0.1) is 0 Å². The third kappa shape index (κ3) is 3.53. The van der Waals surface area contributed by atoms with Crippen molar-refractivity contribution in [3.8, 4) is 0 Å². The summed E-state index contributed by atoms with van der Waals surface area (Å²) in [6.45, 7) is 1.22. The Hall–Kier alpha value is -1.98. The Morgan fingerprint density at radius 2 is 2.00 bits per heavy atom. The highest BCUT2D eigenvalue weighted by atomic mass is 32.1. The first-order valence-corrected chi connectivity index (χ1v) is 6.76. The molecule has 2 aromatic rings. The third-order valence-corrected chi connectivity index (χ3v) is 3.21. The number of thiocarbonyl (C=S) groups is 1. The summed E-state index contributed by atoms with van der Waals surface area (Å²) >= 11 is 5.08. The molecular formula is C15H17N3OS. The Balaban J connectivity index is 2.31. The van der Waals surface area contributed by atoms with Crippen molar-refractivity contribution in [1.82, 2.24) is 4.98 Å². The molecule has 5 heteroatoms. The van der Waals surface area contributed by atoms with E-state index in [1.54, 1.807) is 18.5 Å². The average Bonchev–Trinajstić information content (AvgIpc) is 2.48. The number of aromatic nitrogens is 1. The number of hydrogen-bond acceptors (Lipinski definition) is 4. The van der Waals surface area contributed by atoms with Gasteiger partial charge in [-0.05, 0) is 11.6 Å². The lowest BCUT2D eigenvalue weighted by Crippen LogP contribution is -2.28. The lowest BCUT2D eigenvalue weighted by Gasteiger charge is -2.25. The molecule has 0 saturated heterocycles. The van der Waals surface area contributed by atoms with E-state index in [9.17, 15) is 5.11 Å². The minimum Gasteiger partial charge on any atom is -0.395 e. The van der Waals surface area contributed by atoms with E-state index in [1.165, 1.54) is 0 Å². The van der Waals surface area contributed by atoms with Gasteiger partial charge >= 0.3 is 0 Å². The lowest BCUT2D eigenvalue weighted by atomic mass is 10.1. The highest BCUT2D eigenvalue weighted by Crippen LogP contribution is 2.21. The van der Waals surface area contributed by atoms with E-state index in [4.69, 9.17) is 18.0 Å². The zero-order valence-corrected chi connectivity index (χ0v) is 11.9. The van der Waals surface area contributed by atoms with Crippen molar-refractivity contribution < 1.29 is 5.11 Å². The SMILES string of the molecule is NC(=S)c1ccncc1N(CCO)Cc1ccccc1. The first-order chi connectivity index (χ1) is 9.72. The zero-order chi connectivity index (χ0) is 14.4. The topological polar surface area (TPSA) is 62.4 Å². The van der Waals surface area contributed by atoms with Crippen LogP contribution in [-0.2, 0) is 6.54 Å². The van der Waals surface area contributed by atoms with Gasteiger partial charge in [0.05, 0.1) is 18.5 Å². The largest absolute Gasteiger partial charge is 0.395 e. The van der Waals surface area contributed by atoms with Gasteiger partial charge in [-0.2, -0.15) is 0 Å². The maximum atomic E-state index is 9.28. The van der Waals surface area contributed by atoms with Crippen LogP contribution in [0.5, 0.6) is 0 Å². The van der Waals surface area contributed by atoms with Crippen LogP contribution in [-0.4, -0.2) is 28.2 Å². The summed E-state index contributed by atoms with van der Waals surface area (Å²) in [4.78, 5) is 6.49. The molecule has 4 nitrogen and oxygen atoms in total. The van der Waals surface area contributed by atoms with Crippen molar-refractivity contribution in [2.24, 2.45) is 5.73 Å². The van der Waals surface area contributed by atoms with Crippen LogP contribution < -0.4 is 10.6 Å². The summed E-state index contributed by atoms with van der Waals surface area (Å²) in [6, 6.07) is 11.8. The first-order valence-electron chi connectivity index (χ1n) is 6.36. The highest BCUT2D eigenvalue weighted by molar-refractivity contribution is 7.80. The second-order valence-corrected chi connectivity index (χ2v) is 4.83. The number of aliphatic hydroxyl groups is 1. The van der Waals surface area contributed by atoms with E-state index >= 15 is 0 Å². The van der Waals surface area contributed by atoms with Crippen LogP contribution in [0.2, 0.25) is 0 Å². The molecule has 1 heterocycles. The lowest BCUT2D eigenvalue weighted by molar-refractivity contribution is 0.301. The Morgan fingerprint density at radius 3 is 2.65 bits per heavy atom. The maximum absolute atomic E-state index is 9.28. The van der Waals surface area contributed by atoms with E-state index in [0.717, 1.165) is 16.8 Å².